The number of para-hydroxylation sites is 1. The fourth-order valence-electron chi connectivity index (χ4n) is 4.40. The molecule has 2 aliphatic heterocycles. The number of fused-ring (bicyclic) bond motifs is 1. The maximum absolute atomic E-state index is 13.3. The topological polar surface area (TPSA) is 103 Å². The van der Waals surface area contributed by atoms with Gasteiger partial charge in [-0.2, -0.15) is 13.2 Å². The molecular weight excluding hydrogens is 493 g/mol. The lowest BCUT2D eigenvalue weighted by Crippen LogP contribution is -2.60. The lowest BCUT2D eigenvalue weighted by Gasteiger charge is -2.41. The van der Waals surface area contributed by atoms with Crippen LogP contribution in [0.4, 0.5) is 30.4 Å². The molecule has 0 radical (unpaired) electrons. The van der Waals surface area contributed by atoms with Crippen molar-refractivity contribution < 1.29 is 22.8 Å². The van der Waals surface area contributed by atoms with E-state index in [1.807, 2.05) is 0 Å². The number of aromatic amines is 1. The molecule has 1 saturated heterocycles. The summed E-state index contributed by atoms with van der Waals surface area (Å²) in [6.45, 7) is 1.91. The van der Waals surface area contributed by atoms with Crippen LogP contribution >= 0.6 is 11.6 Å². The van der Waals surface area contributed by atoms with E-state index in [4.69, 9.17) is 16.4 Å². The molecule has 2 aromatic rings. The van der Waals surface area contributed by atoms with E-state index in [9.17, 15) is 27.6 Å². The number of hydroxylamine groups is 1. The molecule has 10 nitrogen and oxygen atoms in total. The lowest BCUT2D eigenvalue weighted by molar-refractivity contribution is -0.203. The highest BCUT2D eigenvalue weighted by Gasteiger charge is 2.51. The van der Waals surface area contributed by atoms with Crippen molar-refractivity contribution in [3.63, 3.8) is 0 Å². The van der Waals surface area contributed by atoms with Gasteiger partial charge in [-0.15, -0.1) is 5.06 Å². The predicted molar refractivity (Wildman–Crippen MR) is 120 cm³/mol. The zero-order chi connectivity index (χ0) is 24.9. The van der Waals surface area contributed by atoms with Crippen molar-refractivity contribution in [2.24, 2.45) is 5.92 Å². The highest BCUT2D eigenvalue weighted by atomic mass is 35.5. The van der Waals surface area contributed by atoms with E-state index in [0.717, 1.165) is 17.9 Å². The number of nitrogens with one attached hydrogen (secondary N) is 2. The molecule has 1 unspecified atom stereocenters. The molecule has 3 heterocycles. The quantitative estimate of drug-likeness (QED) is 0.622. The molecule has 0 spiro atoms. The van der Waals surface area contributed by atoms with Crippen LogP contribution in [0.5, 0.6) is 0 Å². The molecule has 1 atom stereocenters. The molecule has 35 heavy (non-hydrogen) atoms. The van der Waals surface area contributed by atoms with Crippen LogP contribution in [-0.4, -0.2) is 59.1 Å². The number of hydrogen-bond donors (Lipinski definition) is 2. The van der Waals surface area contributed by atoms with Crippen LogP contribution < -0.4 is 26.5 Å². The van der Waals surface area contributed by atoms with Crippen molar-refractivity contribution in [2.75, 3.05) is 36.1 Å². The largest absolute Gasteiger partial charge is 0.493 e. The maximum Gasteiger partial charge on any atom is 0.493 e. The molecule has 5 rings (SSSR count). The standard InChI is InChI=1S/C21H22ClF3N6O4/c22-13-3-1-2-4-14(13)30-15-16(32)27-19(34)29(11-12-5-6-12)17(15)31(35-18(33)21(23,24)25)20(30)28-9-7-26-8-10-28/h1-4,12,20,26H,5-11H2,(H,27,32,34). The van der Waals surface area contributed by atoms with Crippen LogP contribution in [0, 0.1) is 5.92 Å². The third kappa shape index (κ3) is 4.39. The average molecular weight is 515 g/mol. The maximum atomic E-state index is 13.3. The van der Waals surface area contributed by atoms with E-state index in [2.05, 4.69) is 10.3 Å². The molecule has 2 fully saturated rings. The van der Waals surface area contributed by atoms with Gasteiger partial charge in [0.05, 0.1) is 10.7 Å². The zero-order valence-electron chi connectivity index (χ0n) is 18.3. The van der Waals surface area contributed by atoms with Gasteiger partial charge in [-0.05, 0) is 30.9 Å². The Kier molecular flexibility index (Phi) is 6.01. The molecule has 2 N–H and O–H groups in total. The van der Waals surface area contributed by atoms with Crippen LogP contribution in [-0.2, 0) is 16.2 Å². The van der Waals surface area contributed by atoms with E-state index in [0.29, 0.717) is 31.9 Å². The van der Waals surface area contributed by atoms with Crippen molar-refractivity contribution in [2.45, 2.75) is 31.9 Å². The van der Waals surface area contributed by atoms with Gasteiger partial charge in [0.2, 0.25) is 6.29 Å². The number of piperazine rings is 1. The second kappa shape index (κ2) is 8.88. The molecule has 14 heteroatoms. The lowest BCUT2D eigenvalue weighted by atomic mass is 10.2. The average Bonchev–Trinajstić information content (AvgIpc) is 3.57. The van der Waals surface area contributed by atoms with Crippen LogP contribution in [0.15, 0.2) is 33.9 Å². The van der Waals surface area contributed by atoms with E-state index in [1.165, 1.54) is 9.47 Å². The number of aromatic nitrogens is 2. The highest BCUT2D eigenvalue weighted by molar-refractivity contribution is 6.33. The zero-order valence-corrected chi connectivity index (χ0v) is 19.1. The molecule has 1 aliphatic carbocycles. The number of carbonyl (C=O) groups excluding carboxylic acids is 1. The van der Waals surface area contributed by atoms with Gasteiger partial charge < -0.3 is 10.2 Å². The van der Waals surface area contributed by atoms with Gasteiger partial charge in [0.15, 0.2) is 11.5 Å². The summed E-state index contributed by atoms with van der Waals surface area (Å²) in [7, 11) is 0. The van der Waals surface area contributed by atoms with E-state index in [1.54, 1.807) is 29.2 Å². The summed E-state index contributed by atoms with van der Waals surface area (Å²) in [4.78, 5) is 48.4. The number of hydrogen-bond acceptors (Lipinski definition) is 8. The van der Waals surface area contributed by atoms with Crippen molar-refractivity contribution in [3.05, 3.63) is 50.1 Å². The number of halogens is 4. The molecule has 0 bridgehead atoms. The summed E-state index contributed by atoms with van der Waals surface area (Å²) in [6, 6.07) is 6.51. The molecule has 188 valence electrons. The number of carbonyl (C=O) groups is 1. The Morgan fingerprint density at radius 2 is 1.83 bits per heavy atom. The number of anilines is 3. The van der Waals surface area contributed by atoms with Gasteiger partial charge in [0, 0.05) is 32.7 Å². The van der Waals surface area contributed by atoms with Crippen molar-refractivity contribution >= 4 is 34.8 Å². The number of nitrogens with zero attached hydrogens (tertiary/aromatic N) is 4. The van der Waals surface area contributed by atoms with Gasteiger partial charge in [-0.1, -0.05) is 23.7 Å². The number of H-pyrrole nitrogens is 1. The fourth-order valence-corrected chi connectivity index (χ4v) is 4.62. The van der Waals surface area contributed by atoms with Crippen LogP contribution in [0.3, 0.4) is 0 Å². The van der Waals surface area contributed by atoms with E-state index < -0.39 is 29.7 Å². The fraction of sp³-hybridized carbons (Fsp3) is 0.476. The second-order valence-corrected chi connectivity index (χ2v) is 9.05. The smallest absolute Gasteiger partial charge is 0.327 e. The Morgan fingerprint density at radius 3 is 2.46 bits per heavy atom. The Labute approximate surface area is 201 Å². The second-order valence-electron chi connectivity index (χ2n) is 8.64. The first-order chi connectivity index (χ1) is 16.7. The van der Waals surface area contributed by atoms with Gasteiger partial charge in [0.1, 0.15) is 0 Å². The Balaban J connectivity index is 1.75. The third-order valence-electron chi connectivity index (χ3n) is 6.18. The minimum Gasteiger partial charge on any atom is -0.327 e. The van der Waals surface area contributed by atoms with Crippen molar-refractivity contribution in [1.29, 1.82) is 0 Å². The summed E-state index contributed by atoms with van der Waals surface area (Å²) in [6.07, 6.45) is -4.82. The summed E-state index contributed by atoms with van der Waals surface area (Å²) in [5.41, 5.74) is -1.44. The van der Waals surface area contributed by atoms with Crippen LogP contribution in [0.25, 0.3) is 0 Å². The van der Waals surface area contributed by atoms with Gasteiger partial charge in [0.25, 0.3) is 5.56 Å². The molecule has 3 aliphatic rings. The predicted octanol–water partition coefficient (Wildman–Crippen LogP) is 1.77. The van der Waals surface area contributed by atoms with Crippen LogP contribution in [0.1, 0.15) is 12.8 Å². The minimum atomic E-state index is -5.30. The Hall–Kier alpha value is -3.03. The third-order valence-corrected chi connectivity index (χ3v) is 6.50. The first-order valence-electron chi connectivity index (χ1n) is 11.1. The molecule has 1 aromatic carbocycles. The number of benzene rings is 1. The first-order valence-corrected chi connectivity index (χ1v) is 11.5. The summed E-state index contributed by atoms with van der Waals surface area (Å²) < 4.78 is 41.1. The Bertz CT molecular complexity index is 1250. The van der Waals surface area contributed by atoms with Gasteiger partial charge in [-0.3, -0.25) is 24.1 Å². The van der Waals surface area contributed by atoms with E-state index in [-0.39, 0.29) is 29.0 Å². The van der Waals surface area contributed by atoms with Crippen molar-refractivity contribution in [1.82, 2.24) is 19.8 Å². The minimum absolute atomic E-state index is 0.120. The van der Waals surface area contributed by atoms with E-state index >= 15 is 0 Å². The molecule has 1 aromatic heterocycles. The summed E-state index contributed by atoms with van der Waals surface area (Å²) in [5, 5.41) is 4.11. The first kappa shape index (κ1) is 23.7. The van der Waals surface area contributed by atoms with Crippen molar-refractivity contribution in [3.8, 4) is 0 Å². The van der Waals surface area contributed by atoms with Gasteiger partial charge in [-0.25, -0.2) is 9.59 Å². The summed E-state index contributed by atoms with van der Waals surface area (Å²) >= 11 is 6.46. The SMILES string of the molecule is O=C(ON1c2c(c(=O)[nH]c(=O)n2CC2CC2)N(c2ccccc2Cl)C1N1CCNCC1)C(F)(F)F. The normalized spacial score (nSPS) is 20.7. The van der Waals surface area contributed by atoms with Gasteiger partial charge >= 0.3 is 17.8 Å². The molecule has 0 amide bonds. The van der Waals surface area contributed by atoms with Crippen LogP contribution in [0.2, 0.25) is 5.02 Å². The Morgan fingerprint density at radius 1 is 1.14 bits per heavy atom. The summed E-state index contributed by atoms with van der Waals surface area (Å²) in [5.74, 6) is -2.56. The monoisotopic (exact) mass is 514 g/mol. The molecular formula is C21H22ClF3N6O4. The highest BCUT2D eigenvalue weighted by Crippen LogP contribution is 2.46. The molecule has 1 saturated carbocycles. The number of rotatable bonds is 5. The number of alkyl halides is 3.